The van der Waals surface area contributed by atoms with E-state index in [1.807, 2.05) is 26.0 Å². The van der Waals surface area contributed by atoms with Crippen LogP contribution in [0.25, 0.3) is 5.69 Å². The van der Waals surface area contributed by atoms with E-state index in [4.69, 9.17) is 11.6 Å². The van der Waals surface area contributed by atoms with Crippen LogP contribution in [0, 0.1) is 6.92 Å². The lowest BCUT2D eigenvalue weighted by Crippen LogP contribution is -2.32. The molecule has 1 aromatic heterocycles. The molecule has 22 heavy (non-hydrogen) atoms. The van der Waals surface area contributed by atoms with Crippen molar-refractivity contribution in [2.75, 3.05) is 6.54 Å². The van der Waals surface area contributed by atoms with Gasteiger partial charge in [0.05, 0.1) is 11.8 Å². The van der Waals surface area contributed by atoms with Gasteiger partial charge in [-0.25, -0.2) is 4.68 Å². The molecule has 0 spiro atoms. The van der Waals surface area contributed by atoms with Gasteiger partial charge < -0.3 is 10.4 Å². The molecule has 1 heterocycles. The van der Waals surface area contributed by atoms with Crippen molar-refractivity contribution in [3.05, 3.63) is 46.7 Å². The number of hydrogen-bond donors (Lipinski definition) is 2. The first kappa shape index (κ1) is 16.5. The standard InChI is InChI=1S/C16H20ClN3O2/c1-3-5-14(21)10-18-16(22)15-8-11(2)20(19-15)13-7-4-6-12(17)9-13/h4,6-9,14,21H,3,5,10H2,1-2H3,(H,18,22). The van der Waals surface area contributed by atoms with E-state index in [2.05, 4.69) is 10.4 Å². The third-order valence-corrected chi connectivity index (χ3v) is 3.53. The molecule has 0 aliphatic carbocycles. The van der Waals surface area contributed by atoms with Crippen LogP contribution in [0.4, 0.5) is 0 Å². The summed E-state index contributed by atoms with van der Waals surface area (Å²) in [5, 5.41) is 17.3. The largest absolute Gasteiger partial charge is 0.391 e. The zero-order chi connectivity index (χ0) is 16.1. The summed E-state index contributed by atoms with van der Waals surface area (Å²) in [6.07, 6.45) is 1.01. The average molecular weight is 322 g/mol. The molecule has 0 aliphatic heterocycles. The maximum Gasteiger partial charge on any atom is 0.271 e. The molecule has 0 saturated heterocycles. The van der Waals surface area contributed by atoms with Gasteiger partial charge in [0, 0.05) is 17.3 Å². The zero-order valence-corrected chi connectivity index (χ0v) is 13.5. The molecule has 0 saturated carbocycles. The summed E-state index contributed by atoms with van der Waals surface area (Å²) in [4.78, 5) is 12.1. The van der Waals surface area contributed by atoms with Gasteiger partial charge in [-0.1, -0.05) is 31.0 Å². The van der Waals surface area contributed by atoms with Crippen LogP contribution in [0.2, 0.25) is 5.02 Å². The number of aliphatic hydroxyl groups is 1. The van der Waals surface area contributed by atoms with E-state index < -0.39 is 6.10 Å². The van der Waals surface area contributed by atoms with E-state index in [0.29, 0.717) is 17.1 Å². The number of aromatic nitrogens is 2. The zero-order valence-electron chi connectivity index (χ0n) is 12.7. The second kappa shape index (κ2) is 7.42. The van der Waals surface area contributed by atoms with Gasteiger partial charge in [0.2, 0.25) is 0 Å². The van der Waals surface area contributed by atoms with E-state index in [9.17, 15) is 9.90 Å². The fourth-order valence-electron chi connectivity index (χ4n) is 2.19. The molecule has 1 unspecified atom stereocenters. The van der Waals surface area contributed by atoms with Crippen LogP contribution in [-0.4, -0.2) is 33.4 Å². The van der Waals surface area contributed by atoms with Crippen molar-refractivity contribution in [1.82, 2.24) is 15.1 Å². The fourth-order valence-corrected chi connectivity index (χ4v) is 2.38. The molecule has 2 N–H and O–H groups in total. The van der Waals surface area contributed by atoms with Gasteiger partial charge in [-0.05, 0) is 37.6 Å². The summed E-state index contributed by atoms with van der Waals surface area (Å²) in [7, 11) is 0. The topological polar surface area (TPSA) is 67.2 Å². The van der Waals surface area contributed by atoms with Gasteiger partial charge in [-0.3, -0.25) is 4.79 Å². The number of carbonyl (C=O) groups excluding carboxylic acids is 1. The summed E-state index contributed by atoms with van der Waals surface area (Å²) in [5.74, 6) is -0.293. The van der Waals surface area contributed by atoms with Crippen molar-refractivity contribution in [2.45, 2.75) is 32.8 Å². The maximum absolute atomic E-state index is 12.1. The summed E-state index contributed by atoms with van der Waals surface area (Å²) in [6, 6.07) is 8.99. The number of rotatable bonds is 6. The highest BCUT2D eigenvalue weighted by Crippen LogP contribution is 2.16. The number of halogens is 1. The number of aryl methyl sites for hydroxylation is 1. The highest BCUT2D eigenvalue weighted by molar-refractivity contribution is 6.30. The van der Waals surface area contributed by atoms with Crippen LogP contribution in [0.15, 0.2) is 30.3 Å². The highest BCUT2D eigenvalue weighted by Gasteiger charge is 2.14. The summed E-state index contributed by atoms with van der Waals surface area (Å²) in [6.45, 7) is 4.09. The second-order valence-electron chi connectivity index (χ2n) is 5.22. The Morgan fingerprint density at radius 3 is 2.91 bits per heavy atom. The lowest BCUT2D eigenvalue weighted by molar-refractivity contribution is 0.0905. The Kier molecular flexibility index (Phi) is 5.57. The summed E-state index contributed by atoms with van der Waals surface area (Å²) >= 11 is 5.98. The van der Waals surface area contributed by atoms with Crippen molar-refractivity contribution >= 4 is 17.5 Å². The lowest BCUT2D eigenvalue weighted by Gasteiger charge is -2.09. The summed E-state index contributed by atoms with van der Waals surface area (Å²) < 4.78 is 1.67. The third kappa shape index (κ3) is 4.08. The molecule has 0 radical (unpaired) electrons. The maximum atomic E-state index is 12.1. The van der Waals surface area contributed by atoms with E-state index in [1.165, 1.54) is 0 Å². The monoisotopic (exact) mass is 321 g/mol. The van der Waals surface area contributed by atoms with Gasteiger partial charge >= 0.3 is 0 Å². The van der Waals surface area contributed by atoms with Crippen molar-refractivity contribution in [3.8, 4) is 5.69 Å². The van der Waals surface area contributed by atoms with Gasteiger partial charge in [-0.15, -0.1) is 0 Å². The third-order valence-electron chi connectivity index (χ3n) is 3.29. The first-order valence-corrected chi connectivity index (χ1v) is 7.68. The molecule has 0 bridgehead atoms. The molecule has 2 aromatic rings. The van der Waals surface area contributed by atoms with Crippen LogP contribution in [0.3, 0.4) is 0 Å². The van der Waals surface area contributed by atoms with Gasteiger partial charge in [0.15, 0.2) is 5.69 Å². The first-order chi connectivity index (χ1) is 10.5. The summed E-state index contributed by atoms with van der Waals surface area (Å²) in [5.41, 5.74) is 1.96. The smallest absolute Gasteiger partial charge is 0.271 e. The Balaban J connectivity index is 2.11. The fraction of sp³-hybridized carbons (Fsp3) is 0.375. The molecule has 0 aliphatic rings. The molecule has 0 fully saturated rings. The minimum atomic E-state index is -0.523. The average Bonchev–Trinajstić information content (AvgIpc) is 2.87. The number of hydrogen-bond acceptors (Lipinski definition) is 3. The Morgan fingerprint density at radius 2 is 2.23 bits per heavy atom. The Bertz CT molecular complexity index is 655. The van der Waals surface area contributed by atoms with Crippen LogP contribution in [0.1, 0.15) is 35.9 Å². The minimum absolute atomic E-state index is 0.232. The van der Waals surface area contributed by atoms with Crippen molar-refractivity contribution < 1.29 is 9.90 Å². The molecule has 5 nitrogen and oxygen atoms in total. The normalized spacial score (nSPS) is 12.2. The Hall–Kier alpha value is -1.85. The van der Waals surface area contributed by atoms with Gasteiger partial charge in [0.1, 0.15) is 0 Å². The number of aliphatic hydroxyl groups excluding tert-OH is 1. The SMILES string of the molecule is CCCC(O)CNC(=O)c1cc(C)n(-c2cccc(Cl)c2)n1. The predicted molar refractivity (Wildman–Crippen MR) is 86.6 cm³/mol. The minimum Gasteiger partial charge on any atom is -0.391 e. The molecule has 6 heteroatoms. The van der Waals surface area contributed by atoms with Crippen LogP contribution >= 0.6 is 11.6 Å². The molecule has 2 rings (SSSR count). The molecular formula is C16H20ClN3O2. The molecule has 1 amide bonds. The number of benzene rings is 1. The highest BCUT2D eigenvalue weighted by atomic mass is 35.5. The lowest BCUT2D eigenvalue weighted by atomic mass is 10.2. The second-order valence-corrected chi connectivity index (χ2v) is 5.65. The van der Waals surface area contributed by atoms with Crippen LogP contribution in [-0.2, 0) is 0 Å². The predicted octanol–water partition coefficient (Wildman–Crippen LogP) is 2.72. The van der Waals surface area contributed by atoms with E-state index in [-0.39, 0.29) is 12.5 Å². The van der Waals surface area contributed by atoms with Crippen molar-refractivity contribution in [1.29, 1.82) is 0 Å². The number of carbonyl (C=O) groups is 1. The molecule has 1 atom stereocenters. The van der Waals surface area contributed by atoms with Crippen molar-refractivity contribution in [2.24, 2.45) is 0 Å². The number of amides is 1. The van der Waals surface area contributed by atoms with Crippen LogP contribution < -0.4 is 5.32 Å². The van der Waals surface area contributed by atoms with E-state index in [1.54, 1.807) is 22.9 Å². The Labute approximate surface area is 134 Å². The Morgan fingerprint density at radius 1 is 1.45 bits per heavy atom. The first-order valence-electron chi connectivity index (χ1n) is 7.30. The molecule has 1 aromatic carbocycles. The molecular weight excluding hydrogens is 302 g/mol. The van der Waals surface area contributed by atoms with Gasteiger partial charge in [0.25, 0.3) is 5.91 Å². The van der Waals surface area contributed by atoms with E-state index in [0.717, 1.165) is 17.8 Å². The van der Waals surface area contributed by atoms with Crippen LogP contribution in [0.5, 0.6) is 0 Å². The molecule has 118 valence electrons. The van der Waals surface area contributed by atoms with E-state index >= 15 is 0 Å². The van der Waals surface area contributed by atoms with Gasteiger partial charge in [-0.2, -0.15) is 5.10 Å². The number of nitrogens with zero attached hydrogens (tertiary/aromatic N) is 2. The van der Waals surface area contributed by atoms with Crippen molar-refractivity contribution in [3.63, 3.8) is 0 Å². The number of nitrogens with one attached hydrogen (secondary N) is 1. The quantitative estimate of drug-likeness (QED) is 0.859.